The van der Waals surface area contributed by atoms with Gasteiger partial charge in [0, 0.05) is 0 Å². The van der Waals surface area contributed by atoms with E-state index in [1.165, 1.54) is 10.9 Å². The second-order valence-corrected chi connectivity index (χ2v) is 4.81. The molecule has 1 fully saturated rings. The average molecular weight is 263 g/mol. The summed E-state index contributed by atoms with van der Waals surface area (Å²) in [6.07, 6.45) is 4.66. The van der Waals surface area contributed by atoms with Crippen LogP contribution in [0.4, 0.5) is 0 Å². The van der Waals surface area contributed by atoms with Crippen LogP contribution in [0.25, 0.3) is 11.5 Å². The van der Waals surface area contributed by atoms with Crippen LogP contribution >= 0.6 is 0 Å². The van der Waals surface area contributed by atoms with Gasteiger partial charge in [0.05, 0.1) is 18.2 Å². The summed E-state index contributed by atoms with van der Waals surface area (Å²) in [6.45, 7) is 0.261. The van der Waals surface area contributed by atoms with Gasteiger partial charge >= 0.3 is 5.97 Å². The quantitative estimate of drug-likeness (QED) is 0.802. The molecule has 2 heterocycles. The molecule has 0 saturated heterocycles. The number of H-pyrrole nitrogens is 1. The van der Waals surface area contributed by atoms with Gasteiger partial charge in [0.1, 0.15) is 0 Å². The van der Waals surface area contributed by atoms with E-state index in [1.807, 2.05) is 0 Å². The Labute approximate surface area is 108 Å². The van der Waals surface area contributed by atoms with E-state index in [2.05, 4.69) is 30.9 Å². The molecule has 2 aromatic rings. The topological polar surface area (TPSA) is 122 Å². The van der Waals surface area contributed by atoms with Crippen LogP contribution in [0.1, 0.15) is 25.7 Å². The van der Waals surface area contributed by atoms with Crippen LogP contribution in [-0.2, 0) is 11.3 Å². The third-order valence-electron chi connectivity index (χ3n) is 3.64. The maximum absolute atomic E-state index is 11.5. The number of aliphatic carboxylic acids is 1. The summed E-state index contributed by atoms with van der Waals surface area (Å²) in [6, 6.07) is 0. The predicted molar refractivity (Wildman–Crippen MR) is 61.7 cm³/mol. The lowest BCUT2D eigenvalue weighted by atomic mass is 9.86. The predicted octanol–water partition coefficient (Wildman–Crippen LogP) is 0.103. The molecule has 1 saturated carbocycles. The van der Waals surface area contributed by atoms with Gasteiger partial charge in [-0.25, -0.2) is 4.68 Å². The summed E-state index contributed by atoms with van der Waals surface area (Å²) >= 11 is 0. The van der Waals surface area contributed by atoms with Crippen molar-refractivity contribution in [3.63, 3.8) is 0 Å². The molecule has 0 aliphatic heterocycles. The van der Waals surface area contributed by atoms with Gasteiger partial charge in [0.25, 0.3) is 0 Å². The highest BCUT2D eigenvalue weighted by atomic mass is 16.4. The highest BCUT2D eigenvalue weighted by molar-refractivity contribution is 5.75. The van der Waals surface area contributed by atoms with E-state index in [4.69, 9.17) is 0 Å². The fraction of sp³-hybridized carbons (Fsp3) is 0.600. The Balaban J connectivity index is 1.92. The van der Waals surface area contributed by atoms with E-state index < -0.39 is 11.4 Å². The number of rotatable bonds is 4. The fourth-order valence-corrected chi connectivity index (χ4v) is 2.58. The molecule has 1 aliphatic rings. The van der Waals surface area contributed by atoms with Crippen LogP contribution in [0.5, 0.6) is 0 Å². The van der Waals surface area contributed by atoms with E-state index in [-0.39, 0.29) is 6.54 Å². The largest absolute Gasteiger partial charge is 0.481 e. The Morgan fingerprint density at radius 3 is 2.89 bits per heavy atom. The zero-order chi connectivity index (χ0) is 13.3. The molecule has 9 heteroatoms. The van der Waals surface area contributed by atoms with Crippen molar-refractivity contribution in [1.29, 1.82) is 0 Å². The molecule has 0 spiro atoms. The molecule has 0 radical (unpaired) electrons. The summed E-state index contributed by atoms with van der Waals surface area (Å²) in [5, 5.41) is 30.9. The maximum Gasteiger partial charge on any atom is 0.311 e. The van der Waals surface area contributed by atoms with Crippen molar-refractivity contribution >= 4 is 5.97 Å². The molecule has 0 bridgehead atoms. The smallest absolute Gasteiger partial charge is 0.311 e. The van der Waals surface area contributed by atoms with Crippen molar-refractivity contribution in [3.05, 3.63) is 6.20 Å². The lowest BCUT2D eigenvalue weighted by molar-refractivity contribution is -0.149. The van der Waals surface area contributed by atoms with Gasteiger partial charge in [-0.2, -0.15) is 15.4 Å². The van der Waals surface area contributed by atoms with Gasteiger partial charge in [-0.05, 0) is 23.3 Å². The van der Waals surface area contributed by atoms with Gasteiger partial charge in [0.2, 0.25) is 5.82 Å². The lowest BCUT2D eigenvalue weighted by Gasteiger charge is -2.23. The molecular formula is C10H13N7O2. The zero-order valence-electron chi connectivity index (χ0n) is 10.2. The second-order valence-electron chi connectivity index (χ2n) is 4.81. The molecule has 0 amide bonds. The van der Waals surface area contributed by atoms with Crippen LogP contribution in [0.2, 0.25) is 0 Å². The van der Waals surface area contributed by atoms with Crippen molar-refractivity contribution in [2.45, 2.75) is 32.2 Å². The number of carbonyl (C=O) groups is 1. The molecule has 19 heavy (non-hydrogen) atoms. The minimum absolute atomic E-state index is 0.261. The second kappa shape index (κ2) is 4.41. The maximum atomic E-state index is 11.5. The molecule has 2 aromatic heterocycles. The summed E-state index contributed by atoms with van der Waals surface area (Å²) < 4.78 is 1.50. The minimum Gasteiger partial charge on any atom is -0.481 e. The first-order chi connectivity index (χ1) is 9.21. The lowest BCUT2D eigenvalue weighted by Crippen LogP contribution is -2.33. The van der Waals surface area contributed by atoms with Crippen molar-refractivity contribution in [3.8, 4) is 11.5 Å². The van der Waals surface area contributed by atoms with Gasteiger partial charge in [-0.1, -0.05) is 12.8 Å². The van der Waals surface area contributed by atoms with E-state index in [9.17, 15) is 9.90 Å². The first-order valence-electron chi connectivity index (χ1n) is 6.07. The minimum atomic E-state index is -0.786. The highest BCUT2D eigenvalue weighted by Gasteiger charge is 2.42. The van der Waals surface area contributed by atoms with Gasteiger partial charge in [-0.3, -0.25) is 4.79 Å². The number of aromatic nitrogens is 7. The Morgan fingerprint density at radius 2 is 2.26 bits per heavy atom. The molecule has 9 nitrogen and oxygen atoms in total. The Bertz CT molecular complexity index is 570. The summed E-state index contributed by atoms with van der Waals surface area (Å²) in [7, 11) is 0. The van der Waals surface area contributed by atoms with Crippen LogP contribution in [0.15, 0.2) is 6.20 Å². The van der Waals surface area contributed by atoms with Crippen LogP contribution in [-0.4, -0.2) is 46.7 Å². The monoisotopic (exact) mass is 263 g/mol. The van der Waals surface area contributed by atoms with Gasteiger partial charge < -0.3 is 5.11 Å². The average Bonchev–Trinajstić information content (AvgIpc) is 3.09. The molecule has 0 aromatic carbocycles. The first kappa shape index (κ1) is 11.8. The van der Waals surface area contributed by atoms with Crippen molar-refractivity contribution in [2.75, 3.05) is 0 Å². The molecule has 1 aliphatic carbocycles. The number of hydrogen-bond acceptors (Lipinski definition) is 6. The SMILES string of the molecule is O=C(O)C1(Cn2nnnc2-c2cn[nH]n2)CCCC1. The van der Waals surface area contributed by atoms with Crippen molar-refractivity contribution in [2.24, 2.45) is 5.41 Å². The summed E-state index contributed by atoms with van der Waals surface area (Å²) in [5.74, 6) is -0.354. The summed E-state index contributed by atoms with van der Waals surface area (Å²) in [5.41, 5.74) is -0.267. The number of tetrazole rings is 1. The van der Waals surface area contributed by atoms with E-state index in [1.54, 1.807) is 0 Å². The third-order valence-corrected chi connectivity index (χ3v) is 3.64. The molecule has 2 N–H and O–H groups in total. The Kier molecular flexibility index (Phi) is 2.73. The highest BCUT2D eigenvalue weighted by Crippen LogP contribution is 2.40. The normalized spacial score (nSPS) is 17.7. The number of carboxylic acids is 1. The molecule has 100 valence electrons. The number of nitrogens with zero attached hydrogens (tertiary/aromatic N) is 6. The number of aromatic amines is 1. The van der Waals surface area contributed by atoms with E-state index >= 15 is 0 Å². The van der Waals surface area contributed by atoms with E-state index in [0.29, 0.717) is 24.4 Å². The molecule has 3 rings (SSSR count). The Hall–Kier alpha value is -2.32. The van der Waals surface area contributed by atoms with Crippen molar-refractivity contribution < 1.29 is 9.90 Å². The Morgan fingerprint density at radius 1 is 1.47 bits per heavy atom. The van der Waals surface area contributed by atoms with Crippen LogP contribution in [0.3, 0.4) is 0 Å². The first-order valence-corrected chi connectivity index (χ1v) is 6.07. The third kappa shape index (κ3) is 1.96. The molecule has 0 atom stereocenters. The van der Waals surface area contributed by atoms with Gasteiger partial charge in [0.15, 0.2) is 5.69 Å². The molecular weight excluding hydrogens is 250 g/mol. The van der Waals surface area contributed by atoms with E-state index in [0.717, 1.165) is 12.8 Å². The summed E-state index contributed by atoms with van der Waals surface area (Å²) in [4.78, 5) is 11.5. The number of hydrogen-bond donors (Lipinski definition) is 2. The van der Waals surface area contributed by atoms with Crippen LogP contribution in [0, 0.1) is 5.41 Å². The number of carboxylic acid groups (broad SMARTS) is 1. The standard InChI is InChI=1S/C10H13N7O2/c18-9(19)10(3-1-2-4-10)6-17-8(13-15-16-17)7-5-11-14-12-7/h5H,1-4,6H2,(H,18,19)(H,11,12,14). The van der Waals surface area contributed by atoms with Crippen LogP contribution < -0.4 is 0 Å². The molecule has 0 unspecified atom stereocenters. The zero-order valence-corrected chi connectivity index (χ0v) is 10.2. The van der Waals surface area contributed by atoms with Gasteiger partial charge in [-0.15, -0.1) is 5.10 Å². The number of nitrogens with one attached hydrogen (secondary N) is 1. The van der Waals surface area contributed by atoms with Crippen molar-refractivity contribution in [1.82, 2.24) is 35.6 Å². The fourth-order valence-electron chi connectivity index (χ4n) is 2.58.